The number of hydrogen-bond acceptors (Lipinski definition) is 5. The molecule has 0 radical (unpaired) electrons. The van der Waals surface area contributed by atoms with Gasteiger partial charge in [-0.15, -0.1) is 11.3 Å². The molecule has 0 saturated heterocycles. The Morgan fingerprint density at radius 2 is 1.87 bits per heavy atom. The normalized spacial score (nSPS) is 24.8. The summed E-state index contributed by atoms with van der Waals surface area (Å²) in [6, 6.07) is 0.703. The van der Waals surface area contributed by atoms with Gasteiger partial charge in [-0.3, -0.25) is 0 Å². The molecule has 0 bridgehead atoms. The molecule has 0 spiro atoms. The summed E-state index contributed by atoms with van der Waals surface area (Å²) in [4.78, 5) is 14.0. The smallest absolute Gasteiger partial charge is 0.225 e. The molecule has 0 unspecified atom stereocenters. The predicted octanol–water partition coefficient (Wildman–Crippen LogP) is 3.82. The highest BCUT2D eigenvalue weighted by molar-refractivity contribution is 7.18. The van der Waals surface area contributed by atoms with Gasteiger partial charge < -0.3 is 9.64 Å². The van der Waals surface area contributed by atoms with E-state index in [0.717, 1.165) is 30.0 Å². The third kappa shape index (κ3) is 2.96. The summed E-state index contributed by atoms with van der Waals surface area (Å²) in [5, 5.41) is 1.21. The van der Waals surface area contributed by atoms with Gasteiger partial charge in [0.15, 0.2) is 0 Å². The van der Waals surface area contributed by atoms with Gasteiger partial charge in [0.2, 0.25) is 5.88 Å². The van der Waals surface area contributed by atoms with E-state index in [-0.39, 0.29) is 0 Å². The molecule has 2 heterocycles. The SMILES string of the molecule is CN(C)C1CCC(Oc2ncnc3sc4c(c23)CCCC4)CC1. The average Bonchev–Trinajstić information content (AvgIpc) is 2.95. The van der Waals surface area contributed by atoms with E-state index < -0.39 is 0 Å². The van der Waals surface area contributed by atoms with Crippen LogP contribution in [0.4, 0.5) is 0 Å². The molecular weight excluding hydrogens is 306 g/mol. The van der Waals surface area contributed by atoms with Crippen molar-refractivity contribution >= 4 is 21.6 Å². The largest absolute Gasteiger partial charge is 0.474 e. The van der Waals surface area contributed by atoms with E-state index in [1.807, 2.05) is 11.3 Å². The molecule has 23 heavy (non-hydrogen) atoms. The maximum absolute atomic E-state index is 6.36. The van der Waals surface area contributed by atoms with Gasteiger partial charge in [-0.1, -0.05) is 0 Å². The van der Waals surface area contributed by atoms with Gasteiger partial charge in [0.05, 0.1) is 5.39 Å². The second-order valence-corrected chi connectivity index (χ2v) is 8.17. The van der Waals surface area contributed by atoms with E-state index in [2.05, 4.69) is 29.0 Å². The van der Waals surface area contributed by atoms with Crippen LogP contribution in [0, 0.1) is 0 Å². The molecule has 2 aromatic rings. The number of fused-ring (bicyclic) bond motifs is 3. The number of ether oxygens (including phenoxy) is 1. The Morgan fingerprint density at radius 1 is 1.09 bits per heavy atom. The zero-order valence-corrected chi connectivity index (χ0v) is 14.9. The number of thiophene rings is 1. The molecule has 2 aliphatic rings. The quantitative estimate of drug-likeness (QED) is 0.857. The molecule has 0 amide bonds. The van der Waals surface area contributed by atoms with Crippen LogP contribution in [-0.4, -0.2) is 41.1 Å². The van der Waals surface area contributed by atoms with Crippen molar-refractivity contribution in [2.45, 2.75) is 63.5 Å². The molecule has 124 valence electrons. The second kappa shape index (κ2) is 6.36. The van der Waals surface area contributed by atoms with Crippen molar-refractivity contribution in [2.75, 3.05) is 14.1 Å². The number of aryl methyl sites for hydroxylation is 2. The van der Waals surface area contributed by atoms with Crippen LogP contribution in [0.3, 0.4) is 0 Å². The Balaban J connectivity index is 1.56. The fourth-order valence-corrected chi connectivity index (χ4v) is 5.21. The van der Waals surface area contributed by atoms with Crippen molar-refractivity contribution in [3.05, 3.63) is 16.8 Å². The van der Waals surface area contributed by atoms with Crippen LogP contribution in [-0.2, 0) is 12.8 Å². The van der Waals surface area contributed by atoms with Gasteiger partial charge in [0.1, 0.15) is 17.3 Å². The standard InChI is InChI=1S/C18H25N3OS/c1-21(2)12-7-9-13(10-8-12)22-17-16-14-5-3-4-6-15(14)23-18(16)20-11-19-17/h11-13H,3-10H2,1-2H3. The van der Waals surface area contributed by atoms with Crippen LogP contribution in [0.5, 0.6) is 5.88 Å². The van der Waals surface area contributed by atoms with E-state index in [1.54, 1.807) is 6.33 Å². The molecular formula is C18H25N3OS. The highest BCUT2D eigenvalue weighted by Crippen LogP contribution is 2.39. The van der Waals surface area contributed by atoms with Gasteiger partial charge in [-0.2, -0.15) is 0 Å². The minimum absolute atomic E-state index is 0.309. The first-order chi connectivity index (χ1) is 11.2. The summed E-state index contributed by atoms with van der Waals surface area (Å²) in [6.07, 6.45) is 11.6. The van der Waals surface area contributed by atoms with Crippen LogP contribution < -0.4 is 4.74 Å². The zero-order valence-electron chi connectivity index (χ0n) is 14.0. The third-order valence-electron chi connectivity index (χ3n) is 5.37. The fourth-order valence-electron chi connectivity index (χ4n) is 3.99. The number of nitrogens with zero attached hydrogens (tertiary/aromatic N) is 3. The highest BCUT2D eigenvalue weighted by Gasteiger charge is 2.26. The first-order valence-electron chi connectivity index (χ1n) is 8.80. The molecule has 2 aromatic heterocycles. The van der Waals surface area contributed by atoms with Crippen LogP contribution in [0.2, 0.25) is 0 Å². The molecule has 0 aromatic carbocycles. The summed E-state index contributed by atoms with van der Waals surface area (Å²) in [5.74, 6) is 0.836. The van der Waals surface area contributed by atoms with Crippen LogP contribution in [0.15, 0.2) is 6.33 Å². The summed E-state index contributed by atoms with van der Waals surface area (Å²) >= 11 is 1.84. The van der Waals surface area contributed by atoms with Gasteiger partial charge in [-0.25, -0.2) is 9.97 Å². The van der Waals surface area contributed by atoms with Crippen molar-refractivity contribution in [1.82, 2.24) is 14.9 Å². The molecule has 1 saturated carbocycles. The Labute approximate surface area is 141 Å². The molecule has 0 aliphatic heterocycles. The Morgan fingerprint density at radius 3 is 2.65 bits per heavy atom. The topological polar surface area (TPSA) is 38.2 Å². The van der Waals surface area contributed by atoms with E-state index in [1.165, 1.54) is 47.9 Å². The third-order valence-corrected chi connectivity index (χ3v) is 6.57. The molecule has 2 aliphatic carbocycles. The fraction of sp³-hybridized carbons (Fsp3) is 0.667. The van der Waals surface area contributed by atoms with E-state index in [4.69, 9.17) is 4.74 Å². The van der Waals surface area contributed by atoms with E-state index >= 15 is 0 Å². The van der Waals surface area contributed by atoms with E-state index in [0.29, 0.717) is 12.1 Å². The van der Waals surface area contributed by atoms with Crippen molar-refractivity contribution in [1.29, 1.82) is 0 Å². The van der Waals surface area contributed by atoms with Crippen molar-refractivity contribution < 1.29 is 4.74 Å². The van der Waals surface area contributed by atoms with Gasteiger partial charge >= 0.3 is 0 Å². The Kier molecular flexibility index (Phi) is 4.24. The van der Waals surface area contributed by atoms with Crippen molar-refractivity contribution in [2.24, 2.45) is 0 Å². The van der Waals surface area contributed by atoms with Crippen molar-refractivity contribution in [3.63, 3.8) is 0 Å². The van der Waals surface area contributed by atoms with Gasteiger partial charge in [0, 0.05) is 10.9 Å². The minimum atomic E-state index is 0.309. The minimum Gasteiger partial charge on any atom is -0.474 e. The predicted molar refractivity (Wildman–Crippen MR) is 94.4 cm³/mol. The zero-order chi connectivity index (χ0) is 15.8. The number of rotatable bonds is 3. The molecule has 0 atom stereocenters. The molecule has 4 rings (SSSR count). The summed E-state index contributed by atoms with van der Waals surface area (Å²) in [7, 11) is 4.36. The first-order valence-corrected chi connectivity index (χ1v) is 9.62. The highest BCUT2D eigenvalue weighted by atomic mass is 32.1. The summed E-state index contributed by atoms with van der Waals surface area (Å²) < 4.78 is 6.36. The van der Waals surface area contributed by atoms with E-state index in [9.17, 15) is 0 Å². The lowest BCUT2D eigenvalue weighted by Gasteiger charge is -2.32. The monoisotopic (exact) mass is 331 g/mol. The molecule has 5 heteroatoms. The molecule has 4 nitrogen and oxygen atoms in total. The lowest BCUT2D eigenvalue weighted by molar-refractivity contribution is 0.108. The lowest BCUT2D eigenvalue weighted by Crippen LogP contribution is -2.35. The summed E-state index contributed by atoms with van der Waals surface area (Å²) in [5.41, 5.74) is 1.47. The maximum Gasteiger partial charge on any atom is 0.225 e. The number of hydrogen-bond donors (Lipinski definition) is 0. The Hall–Kier alpha value is -1.20. The van der Waals surface area contributed by atoms with Crippen molar-refractivity contribution in [3.8, 4) is 5.88 Å². The average molecular weight is 331 g/mol. The second-order valence-electron chi connectivity index (χ2n) is 7.08. The maximum atomic E-state index is 6.36. The van der Waals surface area contributed by atoms with Crippen LogP contribution >= 0.6 is 11.3 Å². The van der Waals surface area contributed by atoms with Crippen LogP contribution in [0.1, 0.15) is 49.0 Å². The lowest BCUT2D eigenvalue weighted by atomic mass is 9.92. The van der Waals surface area contributed by atoms with Gasteiger partial charge in [-0.05, 0) is 71.0 Å². The van der Waals surface area contributed by atoms with Gasteiger partial charge in [0.25, 0.3) is 0 Å². The van der Waals surface area contributed by atoms with Crippen LogP contribution in [0.25, 0.3) is 10.2 Å². The summed E-state index contributed by atoms with van der Waals surface area (Å²) in [6.45, 7) is 0. The first kappa shape index (κ1) is 15.3. The molecule has 0 N–H and O–H groups in total. The number of aromatic nitrogens is 2. The Bertz CT molecular complexity index is 689. The molecule has 1 fully saturated rings.